The highest BCUT2D eigenvalue weighted by molar-refractivity contribution is 5.29. The second-order valence-electron chi connectivity index (χ2n) is 8.53. The van der Waals surface area contributed by atoms with E-state index in [4.69, 9.17) is 18.9 Å². The number of ether oxygens (including phenoxy) is 4. The zero-order valence-corrected chi connectivity index (χ0v) is 18.7. The van der Waals surface area contributed by atoms with Crippen LogP contribution >= 0.6 is 0 Å². The molecule has 0 saturated carbocycles. The molecule has 0 N–H and O–H groups in total. The van der Waals surface area contributed by atoms with Gasteiger partial charge < -0.3 is 18.9 Å². The number of nitrogens with zero attached hydrogens (tertiary/aromatic N) is 1. The molecule has 5 nitrogen and oxygen atoms in total. The molecule has 32 heavy (non-hydrogen) atoms. The minimum Gasteiger partial charge on any atom is -0.497 e. The van der Waals surface area contributed by atoms with Gasteiger partial charge in [-0.05, 0) is 48.7 Å². The molecule has 174 valence electrons. The summed E-state index contributed by atoms with van der Waals surface area (Å²) in [6.07, 6.45) is -2.34. The fourth-order valence-electron chi connectivity index (χ4n) is 4.56. The van der Waals surface area contributed by atoms with Gasteiger partial charge in [0.1, 0.15) is 17.7 Å². The predicted molar refractivity (Wildman–Crippen MR) is 117 cm³/mol. The summed E-state index contributed by atoms with van der Waals surface area (Å²) in [6, 6.07) is 15.6. The second kappa shape index (κ2) is 10.1. The van der Waals surface area contributed by atoms with Gasteiger partial charge >= 0.3 is 0 Å². The Morgan fingerprint density at radius 1 is 1.00 bits per heavy atom. The molecule has 2 aromatic carbocycles. The fourth-order valence-corrected chi connectivity index (χ4v) is 4.56. The van der Waals surface area contributed by atoms with E-state index in [1.807, 2.05) is 48.5 Å². The Labute approximate surface area is 188 Å². The zero-order valence-electron chi connectivity index (χ0n) is 18.7. The van der Waals surface area contributed by atoms with E-state index in [-0.39, 0.29) is 30.7 Å². The van der Waals surface area contributed by atoms with Gasteiger partial charge in [0.05, 0.1) is 33.0 Å². The zero-order chi connectivity index (χ0) is 22.7. The minimum absolute atomic E-state index is 0.0216. The molecule has 7 heteroatoms. The highest BCUT2D eigenvalue weighted by Crippen LogP contribution is 2.44. The van der Waals surface area contributed by atoms with Crippen LogP contribution in [0.15, 0.2) is 48.5 Å². The monoisotopic (exact) mass is 447 g/mol. The summed E-state index contributed by atoms with van der Waals surface area (Å²) in [4.78, 5) is 2.27. The number of halogens is 2. The Kier molecular flexibility index (Phi) is 7.28. The third-order valence-electron chi connectivity index (χ3n) is 6.52. The molecular formula is C25H31F2NO4. The first-order valence-corrected chi connectivity index (χ1v) is 11.1. The average Bonchev–Trinajstić information content (AvgIpc) is 3.60. The van der Waals surface area contributed by atoms with Gasteiger partial charge in [-0.3, -0.25) is 4.90 Å². The van der Waals surface area contributed by atoms with Crippen LogP contribution in [-0.4, -0.2) is 50.5 Å². The van der Waals surface area contributed by atoms with Gasteiger partial charge in [-0.25, -0.2) is 8.78 Å². The Hall–Kier alpha value is -2.22. The van der Waals surface area contributed by atoms with E-state index < -0.39 is 12.5 Å². The van der Waals surface area contributed by atoms with Crippen LogP contribution in [-0.2, 0) is 16.1 Å². The van der Waals surface area contributed by atoms with Crippen LogP contribution < -0.4 is 9.47 Å². The van der Waals surface area contributed by atoms with Crippen LogP contribution in [0.3, 0.4) is 0 Å². The average molecular weight is 448 g/mol. The maximum atomic E-state index is 13.4. The first kappa shape index (κ1) is 23.0. The highest BCUT2D eigenvalue weighted by Gasteiger charge is 2.52. The number of likely N-dealkylation sites (tertiary alicyclic amines) is 1. The third kappa shape index (κ3) is 5.39. The molecule has 0 amide bonds. The molecular weight excluding hydrogens is 416 g/mol. The van der Waals surface area contributed by atoms with Gasteiger partial charge in [0, 0.05) is 24.9 Å². The van der Waals surface area contributed by atoms with Gasteiger partial charge in [-0.1, -0.05) is 24.3 Å². The molecule has 5 atom stereocenters. The normalized spacial score (nSPS) is 24.6. The van der Waals surface area contributed by atoms with Crippen LogP contribution in [0.25, 0.3) is 0 Å². The van der Waals surface area contributed by atoms with Crippen LogP contribution in [0.4, 0.5) is 8.78 Å². The van der Waals surface area contributed by atoms with Crippen LogP contribution in [0.1, 0.15) is 36.9 Å². The Morgan fingerprint density at radius 3 is 2.22 bits per heavy atom. The molecule has 0 bridgehead atoms. The number of piperidine rings is 1. The predicted octanol–water partition coefficient (Wildman–Crippen LogP) is 5.05. The van der Waals surface area contributed by atoms with E-state index in [0.717, 1.165) is 29.0 Å². The van der Waals surface area contributed by atoms with Crippen molar-refractivity contribution in [2.45, 2.75) is 57.3 Å². The first-order chi connectivity index (χ1) is 15.5. The van der Waals surface area contributed by atoms with Crippen LogP contribution in [0, 0.1) is 5.92 Å². The topological polar surface area (TPSA) is 43.5 Å². The summed E-state index contributed by atoms with van der Waals surface area (Å²) >= 11 is 0. The lowest BCUT2D eigenvalue weighted by Crippen LogP contribution is -2.44. The standard InChI is InChI=1S/C25H31F2NO4/c1-16(18-6-10-21(30-3)11-7-18)28-14-19(12-23-25(28)32-23)22(13-24(26)27)31-15-17-4-8-20(29-2)9-5-17/h4-11,16,19,22-25H,12-15H2,1-3H3/t16-,19-,22-,23?,25?/m1/s1. The van der Waals surface area contributed by atoms with E-state index in [9.17, 15) is 8.78 Å². The number of fused-ring (bicyclic) bond motifs is 1. The highest BCUT2D eigenvalue weighted by atomic mass is 19.3. The van der Waals surface area contributed by atoms with E-state index in [0.29, 0.717) is 13.2 Å². The van der Waals surface area contributed by atoms with Gasteiger partial charge in [0.2, 0.25) is 6.43 Å². The number of hydrogen-bond acceptors (Lipinski definition) is 5. The number of benzene rings is 2. The molecule has 4 rings (SSSR count). The molecule has 0 aliphatic carbocycles. The van der Waals surface area contributed by atoms with Crippen molar-refractivity contribution in [3.05, 3.63) is 59.7 Å². The van der Waals surface area contributed by atoms with E-state index in [2.05, 4.69) is 11.8 Å². The third-order valence-corrected chi connectivity index (χ3v) is 6.52. The Bertz CT molecular complexity index is 861. The molecule has 2 aliphatic heterocycles. The van der Waals surface area contributed by atoms with Gasteiger partial charge in [0.15, 0.2) is 0 Å². The summed E-state index contributed by atoms with van der Waals surface area (Å²) in [6.45, 7) is 3.08. The van der Waals surface area contributed by atoms with Crippen molar-refractivity contribution in [2.24, 2.45) is 5.92 Å². The van der Waals surface area contributed by atoms with Crippen LogP contribution in [0.2, 0.25) is 0 Å². The molecule has 2 fully saturated rings. The van der Waals surface area contributed by atoms with Crippen molar-refractivity contribution in [3.63, 3.8) is 0 Å². The molecule has 0 spiro atoms. The number of methoxy groups -OCH3 is 2. The number of alkyl halides is 2. The summed E-state index contributed by atoms with van der Waals surface area (Å²) < 4.78 is 49.2. The molecule has 0 radical (unpaired) electrons. The fraction of sp³-hybridized carbons (Fsp3) is 0.520. The molecule has 2 aliphatic rings. The van der Waals surface area contributed by atoms with E-state index in [1.54, 1.807) is 14.2 Å². The van der Waals surface area contributed by atoms with E-state index >= 15 is 0 Å². The summed E-state index contributed by atoms with van der Waals surface area (Å²) in [5.41, 5.74) is 2.08. The Morgan fingerprint density at radius 2 is 1.62 bits per heavy atom. The summed E-state index contributed by atoms with van der Waals surface area (Å²) in [5.74, 6) is 1.54. The van der Waals surface area contributed by atoms with Gasteiger partial charge in [-0.2, -0.15) is 0 Å². The molecule has 2 saturated heterocycles. The summed E-state index contributed by atoms with van der Waals surface area (Å²) in [7, 11) is 3.25. The second-order valence-corrected chi connectivity index (χ2v) is 8.53. The van der Waals surface area contributed by atoms with Crippen molar-refractivity contribution >= 4 is 0 Å². The lowest BCUT2D eigenvalue weighted by atomic mass is 9.89. The lowest BCUT2D eigenvalue weighted by molar-refractivity contribution is -0.0563. The largest absolute Gasteiger partial charge is 0.497 e. The number of epoxide rings is 1. The first-order valence-electron chi connectivity index (χ1n) is 11.1. The lowest BCUT2D eigenvalue weighted by Gasteiger charge is -2.37. The minimum atomic E-state index is -2.42. The van der Waals surface area contributed by atoms with Crippen molar-refractivity contribution in [3.8, 4) is 11.5 Å². The SMILES string of the molecule is COc1ccc(CO[C@H](CC(F)F)[C@@H]2CC3OC3N([C@H](C)c3ccc(OC)cc3)C2)cc1. The molecule has 2 aromatic rings. The smallest absolute Gasteiger partial charge is 0.241 e. The van der Waals surface area contributed by atoms with Gasteiger partial charge in [-0.15, -0.1) is 0 Å². The maximum Gasteiger partial charge on any atom is 0.241 e. The quantitative estimate of drug-likeness (QED) is 0.477. The van der Waals surface area contributed by atoms with Crippen molar-refractivity contribution < 1.29 is 27.7 Å². The molecule has 2 unspecified atom stereocenters. The summed E-state index contributed by atoms with van der Waals surface area (Å²) in [5, 5.41) is 0. The van der Waals surface area contributed by atoms with Gasteiger partial charge in [0.25, 0.3) is 0 Å². The Balaban J connectivity index is 1.43. The van der Waals surface area contributed by atoms with E-state index in [1.165, 1.54) is 0 Å². The maximum absolute atomic E-state index is 13.4. The number of hydrogen-bond donors (Lipinski definition) is 0. The molecule has 2 heterocycles. The van der Waals surface area contributed by atoms with Crippen LogP contribution in [0.5, 0.6) is 11.5 Å². The molecule has 0 aromatic heterocycles. The van der Waals surface area contributed by atoms with Crippen molar-refractivity contribution in [1.82, 2.24) is 4.90 Å². The number of rotatable bonds is 10. The van der Waals surface area contributed by atoms with Crippen molar-refractivity contribution in [2.75, 3.05) is 20.8 Å². The van der Waals surface area contributed by atoms with Crippen molar-refractivity contribution in [1.29, 1.82) is 0 Å².